The lowest BCUT2D eigenvalue weighted by Gasteiger charge is -2.29. The van der Waals surface area contributed by atoms with Crippen LogP contribution in [0.4, 0.5) is 17.1 Å². The van der Waals surface area contributed by atoms with Crippen molar-refractivity contribution in [3.63, 3.8) is 0 Å². The maximum atomic E-state index is 7.20. The summed E-state index contributed by atoms with van der Waals surface area (Å²) in [4.78, 5) is 2.22. The first-order valence-electron chi connectivity index (χ1n) is 14.5. The van der Waals surface area contributed by atoms with Crippen LogP contribution in [0.2, 0.25) is 5.02 Å². The second-order valence-corrected chi connectivity index (χ2v) is 11.3. The molecule has 4 heteroatoms. The number of ether oxygens (including phenoxy) is 2. The lowest BCUT2D eigenvalue weighted by atomic mass is 10.0. The van der Waals surface area contributed by atoms with Gasteiger partial charge in [-0.05, 0) is 69.8 Å². The molecule has 3 nitrogen and oxygen atoms in total. The van der Waals surface area contributed by atoms with Gasteiger partial charge in [-0.3, -0.25) is 0 Å². The van der Waals surface area contributed by atoms with Gasteiger partial charge in [0.1, 0.15) is 0 Å². The Labute approximate surface area is 256 Å². The van der Waals surface area contributed by atoms with Gasteiger partial charge in [0.25, 0.3) is 0 Å². The van der Waals surface area contributed by atoms with E-state index in [4.69, 9.17) is 21.1 Å². The highest BCUT2D eigenvalue weighted by Crippen LogP contribution is 2.55. The summed E-state index contributed by atoms with van der Waals surface area (Å²) in [5.41, 5.74) is 11.7. The SMILES string of the molecule is Clc1cc2c(cc1N(c1ccc(-c3ccccc3)cc1)c1ccc(-c3ccccc3)cc1)C1(OCCO1)c1ccccc1-2. The van der Waals surface area contributed by atoms with Gasteiger partial charge in [-0.2, -0.15) is 0 Å². The van der Waals surface area contributed by atoms with E-state index in [-0.39, 0.29) is 0 Å². The highest BCUT2D eigenvalue weighted by atomic mass is 35.5. The summed E-state index contributed by atoms with van der Waals surface area (Å²) in [5.74, 6) is -0.925. The van der Waals surface area contributed by atoms with E-state index in [1.165, 1.54) is 11.1 Å². The Morgan fingerprint density at radius 1 is 0.488 bits per heavy atom. The molecule has 1 fully saturated rings. The molecule has 0 bridgehead atoms. The van der Waals surface area contributed by atoms with Crippen LogP contribution in [0.15, 0.2) is 146 Å². The van der Waals surface area contributed by atoms with Crippen molar-refractivity contribution in [1.29, 1.82) is 0 Å². The van der Waals surface area contributed by atoms with Crippen molar-refractivity contribution >= 4 is 28.7 Å². The number of hydrogen-bond donors (Lipinski definition) is 0. The summed E-state index contributed by atoms with van der Waals surface area (Å²) >= 11 is 7.20. The third-order valence-electron chi connectivity index (χ3n) is 8.41. The van der Waals surface area contributed by atoms with Crippen LogP contribution in [0.25, 0.3) is 33.4 Å². The van der Waals surface area contributed by atoms with Gasteiger partial charge in [0.15, 0.2) is 0 Å². The molecule has 1 aliphatic heterocycles. The smallest absolute Gasteiger partial charge is 0.223 e. The second kappa shape index (κ2) is 10.6. The number of fused-ring (bicyclic) bond motifs is 5. The van der Waals surface area contributed by atoms with E-state index in [1.807, 2.05) is 24.3 Å². The first kappa shape index (κ1) is 26.0. The average Bonchev–Trinajstić information content (AvgIpc) is 3.67. The molecule has 1 spiro atoms. The van der Waals surface area contributed by atoms with Crippen molar-refractivity contribution in [1.82, 2.24) is 0 Å². The lowest BCUT2D eigenvalue weighted by Crippen LogP contribution is -2.26. The van der Waals surface area contributed by atoms with Gasteiger partial charge >= 0.3 is 0 Å². The van der Waals surface area contributed by atoms with Crippen LogP contribution in [0.5, 0.6) is 0 Å². The van der Waals surface area contributed by atoms with Crippen molar-refractivity contribution in [3.05, 3.63) is 162 Å². The Morgan fingerprint density at radius 3 is 1.53 bits per heavy atom. The van der Waals surface area contributed by atoms with Crippen LogP contribution in [-0.2, 0) is 15.3 Å². The zero-order chi connectivity index (χ0) is 28.8. The van der Waals surface area contributed by atoms with Crippen molar-refractivity contribution in [2.75, 3.05) is 18.1 Å². The molecule has 43 heavy (non-hydrogen) atoms. The van der Waals surface area contributed by atoms with E-state index >= 15 is 0 Å². The summed E-state index contributed by atoms with van der Waals surface area (Å²) in [6.07, 6.45) is 0. The molecular formula is C39H28ClNO2. The highest BCUT2D eigenvalue weighted by molar-refractivity contribution is 6.34. The molecule has 0 atom stereocenters. The van der Waals surface area contributed by atoms with Gasteiger partial charge < -0.3 is 14.4 Å². The topological polar surface area (TPSA) is 21.7 Å². The van der Waals surface area contributed by atoms with E-state index in [0.717, 1.165) is 50.4 Å². The normalized spacial score (nSPS) is 14.4. The van der Waals surface area contributed by atoms with Crippen LogP contribution in [0.1, 0.15) is 11.1 Å². The van der Waals surface area contributed by atoms with Gasteiger partial charge in [0.05, 0.1) is 23.9 Å². The van der Waals surface area contributed by atoms with E-state index in [1.54, 1.807) is 0 Å². The predicted molar refractivity (Wildman–Crippen MR) is 175 cm³/mol. The Morgan fingerprint density at radius 2 is 0.977 bits per heavy atom. The molecule has 8 rings (SSSR count). The van der Waals surface area contributed by atoms with Gasteiger partial charge in [-0.15, -0.1) is 0 Å². The summed E-state index contributed by atoms with van der Waals surface area (Å²) in [6.45, 7) is 1.08. The van der Waals surface area contributed by atoms with Crippen LogP contribution in [-0.4, -0.2) is 13.2 Å². The van der Waals surface area contributed by atoms with Crippen molar-refractivity contribution < 1.29 is 9.47 Å². The zero-order valence-corrected chi connectivity index (χ0v) is 24.2. The minimum Gasteiger partial charge on any atom is -0.340 e. The number of nitrogens with zero attached hydrogens (tertiary/aromatic N) is 1. The van der Waals surface area contributed by atoms with E-state index < -0.39 is 5.79 Å². The third-order valence-corrected chi connectivity index (χ3v) is 8.72. The molecule has 0 unspecified atom stereocenters. The Hall–Kier alpha value is -4.67. The fourth-order valence-corrected chi connectivity index (χ4v) is 6.64. The number of rotatable bonds is 5. The fraction of sp³-hybridized carbons (Fsp3) is 0.0769. The molecule has 2 aliphatic rings. The molecule has 1 heterocycles. The monoisotopic (exact) mass is 577 g/mol. The molecular weight excluding hydrogens is 550 g/mol. The quantitative estimate of drug-likeness (QED) is 0.203. The zero-order valence-electron chi connectivity index (χ0n) is 23.4. The molecule has 1 aliphatic carbocycles. The van der Waals surface area contributed by atoms with Gasteiger partial charge in [0.2, 0.25) is 5.79 Å². The van der Waals surface area contributed by atoms with Crippen LogP contribution < -0.4 is 4.90 Å². The number of halogens is 1. The second-order valence-electron chi connectivity index (χ2n) is 10.9. The Balaban J connectivity index is 1.28. The molecule has 0 amide bonds. The summed E-state index contributed by atoms with van der Waals surface area (Å²) in [5, 5.41) is 0.655. The molecule has 6 aromatic rings. The van der Waals surface area contributed by atoms with Crippen molar-refractivity contribution in [2.24, 2.45) is 0 Å². The van der Waals surface area contributed by atoms with E-state index in [9.17, 15) is 0 Å². The van der Waals surface area contributed by atoms with Crippen molar-refractivity contribution in [2.45, 2.75) is 5.79 Å². The molecule has 0 aromatic heterocycles. The first-order valence-corrected chi connectivity index (χ1v) is 14.9. The molecule has 0 radical (unpaired) electrons. The van der Waals surface area contributed by atoms with Gasteiger partial charge in [0, 0.05) is 22.5 Å². The fourth-order valence-electron chi connectivity index (χ4n) is 6.40. The Kier molecular flexibility index (Phi) is 6.38. The molecule has 0 saturated carbocycles. The number of hydrogen-bond acceptors (Lipinski definition) is 3. The number of anilines is 3. The third kappa shape index (κ3) is 4.36. The lowest BCUT2D eigenvalue weighted by molar-refractivity contribution is -0.126. The minimum absolute atomic E-state index is 0.539. The minimum atomic E-state index is -0.925. The molecule has 6 aromatic carbocycles. The van der Waals surface area contributed by atoms with E-state index in [2.05, 4.69) is 126 Å². The van der Waals surface area contributed by atoms with Crippen LogP contribution in [0, 0.1) is 0 Å². The maximum Gasteiger partial charge on any atom is 0.223 e. The molecule has 0 N–H and O–H groups in total. The van der Waals surface area contributed by atoms with E-state index in [0.29, 0.717) is 18.2 Å². The predicted octanol–water partition coefficient (Wildman–Crippen LogP) is 10.4. The maximum absolute atomic E-state index is 7.20. The standard InChI is InChI=1S/C39H28ClNO2/c40-37-25-34-33-13-7-8-14-35(33)39(42-23-24-43-39)36(34)26-38(37)41(31-19-15-29(16-20-31)27-9-3-1-4-10-27)32-21-17-30(18-22-32)28-11-5-2-6-12-28/h1-22,25-26H,23-24H2. The highest BCUT2D eigenvalue weighted by Gasteiger charge is 2.49. The molecule has 208 valence electrons. The van der Waals surface area contributed by atoms with Gasteiger partial charge in [-0.25, -0.2) is 0 Å². The number of benzene rings is 6. The van der Waals surface area contributed by atoms with Gasteiger partial charge in [-0.1, -0.05) is 121 Å². The summed E-state index contributed by atoms with van der Waals surface area (Å²) < 4.78 is 12.8. The first-order chi connectivity index (χ1) is 21.2. The summed E-state index contributed by atoms with van der Waals surface area (Å²) in [6, 6.07) is 50.7. The molecule has 1 saturated heterocycles. The van der Waals surface area contributed by atoms with Crippen LogP contribution >= 0.6 is 11.6 Å². The average molecular weight is 578 g/mol. The summed E-state index contributed by atoms with van der Waals surface area (Å²) in [7, 11) is 0. The Bertz CT molecular complexity index is 1830. The van der Waals surface area contributed by atoms with Crippen LogP contribution in [0.3, 0.4) is 0 Å². The largest absolute Gasteiger partial charge is 0.340 e. The van der Waals surface area contributed by atoms with Crippen molar-refractivity contribution in [3.8, 4) is 33.4 Å².